The zero-order chi connectivity index (χ0) is 13.0. The molecule has 0 saturated carbocycles. The molecule has 0 spiro atoms. The van der Waals surface area contributed by atoms with Crippen molar-refractivity contribution in [3.63, 3.8) is 0 Å². The summed E-state index contributed by atoms with van der Waals surface area (Å²) in [7, 11) is 1.62. The molecule has 0 unspecified atom stereocenters. The normalized spacial score (nSPS) is 10.2. The average molecular weight is 329 g/mol. The Morgan fingerprint density at radius 1 is 1.33 bits per heavy atom. The molecule has 2 rings (SSSR count). The first kappa shape index (κ1) is 13.1. The fourth-order valence-electron chi connectivity index (χ4n) is 1.47. The lowest BCUT2D eigenvalue weighted by Crippen LogP contribution is -2.05. The quantitative estimate of drug-likeness (QED) is 0.933. The molecule has 2 aromatic rings. The van der Waals surface area contributed by atoms with Crippen molar-refractivity contribution in [2.75, 3.05) is 12.4 Å². The first-order valence-corrected chi connectivity index (χ1v) is 6.40. The monoisotopic (exact) mass is 327 g/mol. The number of nitrogens with zero attached hydrogens (tertiary/aromatic N) is 2. The van der Waals surface area contributed by atoms with Gasteiger partial charge in [-0.3, -0.25) is 0 Å². The van der Waals surface area contributed by atoms with Gasteiger partial charge in [-0.05, 0) is 28.1 Å². The van der Waals surface area contributed by atoms with Gasteiger partial charge in [0.1, 0.15) is 5.75 Å². The fraction of sp³-hybridized carbons (Fsp3) is 0.167. The van der Waals surface area contributed by atoms with E-state index in [4.69, 9.17) is 16.3 Å². The van der Waals surface area contributed by atoms with E-state index < -0.39 is 0 Å². The van der Waals surface area contributed by atoms with Gasteiger partial charge >= 0.3 is 0 Å². The standard InChI is InChI=1S/C12H11BrClN3O/c1-18-11-4-2-3-10(14)9(11)7-17-12-15-5-8(13)6-16-12/h2-6H,7H2,1H3,(H,15,16,17). The van der Waals surface area contributed by atoms with Gasteiger partial charge in [-0.15, -0.1) is 0 Å². The Labute approximate surface area is 118 Å². The first-order valence-electron chi connectivity index (χ1n) is 5.23. The van der Waals surface area contributed by atoms with E-state index in [9.17, 15) is 0 Å². The molecule has 0 fully saturated rings. The number of hydrogen-bond acceptors (Lipinski definition) is 4. The summed E-state index contributed by atoms with van der Waals surface area (Å²) in [6.07, 6.45) is 3.36. The molecule has 1 aromatic carbocycles. The molecule has 4 nitrogen and oxygen atoms in total. The van der Waals surface area contributed by atoms with Crippen LogP contribution in [0.2, 0.25) is 5.02 Å². The van der Waals surface area contributed by atoms with Gasteiger partial charge in [0.2, 0.25) is 5.95 Å². The maximum atomic E-state index is 6.13. The third-order valence-corrected chi connectivity index (χ3v) is 3.10. The molecule has 0 saturated heterocycles. The van der Waals surface area contributed by atoms with Crippen LogP contribution in [0.1, 0.15) is 5.56 Å². The van der Waals surface area contributed by atoms with Crippen LogP contribution in [0, 0.1) is 0 Å². The molecule has 0 aliphatic heterocycles. The average Bonchev–Trinajstić information content (AvgIpc) is 2.39. The molecule has 18 heavy (non-hydrogen) atoms. The van der Waals surface area contributed by atoms with Crippen LogP contribution in [0.25, 0.3) is 0 Å². The highest BCUT2D eigenvalue weighted by molar-refractivity contribution is 9.10. The number of benzene rings is 1. The molecule has 0 aliphatic rings. The molecule has 1 heterocycles. The molecule has 0 bridgehead atoms. The van der Waals surface area contributed by atoms with Crippen molar-refractivity contribution >= 4 is 33.5 Å². The Morgan fingerprint density at radius 2 is 2.06 bits per heavy atom. The lowest BCUT2D eigenvalue weighted by Gasteiger charge is -2.11. The third-order valence-electron chi connectivity index (χ3n) is 2.34. The van der Waals surface area contributed by atoms with Crippen LogP contribution in [0.3, 0.4) is 0 Å². The Hall–Kier alpha value is -1.33. The topological polar surface area (TPSA) is 47.0 Å². The summed E-state index contributed by atoms with van der Waals surface area (Å²) >= 11 is 9.41. The van der Waals surface area contributed by atoms with Crippen LogP contribution in [0.4, 0.5) is 5.95 Å². The lowest BCUT2D eigenvalue weighted by atomic mass is 10.2. The molecular weight excluding hydrogens is 318 g/mol. The highest BCUT2D eigenvalue weighted by Crippen LogP contribution is 2.26. The summed E-state index contributed by atoms with van der Waals surface area (Å²) in [5, 5.41) is 3.75. The minimum Gasteiger partial charge on any atom is -0.496 e. The van der Waals surface area contributed by atoms with Gasteiger partial charge in [0.15, 0.2) is 0 Å². The van der Waals surface area contributed by atoms with E-state index >= 15 is 0 Å². The van der Waals surface area contributed by atoms with Gasteiger partial charge in [0, 0.05) is 29.5 Å². The van der Waals surface area contributed by atoms with Crippen molar-refractivity contribution < 1.29 is 4.74 Å². The number of hydrogen-bond donors (Lipinski definition) is 1. The third kappa shape index (κ3) is 3.11. The highest BCUT2D eigenvalue weighted by atomic mass is 79.9. The number of methoxy groups -OCH3 is 1. The Kier molecular flexibility index (Phi) is 4.38. The smallest absolute Gasteiger partial charge is 0.222 e. The minimum atomic E-state index is 0.504. The van der Waals surface area contributed by atoms with Gasteiger partial charge in [-0.1, -0.05) is 17.7 Å². The predicted octanol–water partition coefficient (Wildman–Crippen LogP) is 3.51. The number of halogens is 2. The van der Waals surface area contributed by atoms with Crippen LogP contribution < -0.4 is 10.1 Å². The Morgan fingerprint density at radius 3 is 2.72 bits per heavy atom. The van der Waals surface area contributed by atoms with Crippen molar-refractivity contribution in [2.24, 2.45) is 0 Å². The van der Waals surface area contributed by atoms with Gasteiger partial charge < -0.3 is 10.1 Å². The molecular formula is C12H11BrClN3O. The number of nitrogens with one attached hydrogen (secondary N) is 1. The summed E-state index contributed by atoms with van der Waals surface area (Å²) in [5.74, 6) is 1.28. The van der Waals surface area contributed by atoms with E-state index in [1.807, 2.05) is 18.2 Å². The number of ether oxygens (including phenoxy) is 1. The van der Waals surface area contributed by atoms with Crippen LogP contribution in [-0.4, -0.2) is 17.1 Å². The molecule has 1 N–H and O–H groups in total. The number of anilines is 1. The summed E-state index contributed by atoms with van der Waals surface area (Å²) in [6.45, 7) is 0.504. The maximum Gasteiger partial charge on any atom is 0.222 e. The van der Waals surface area contributed by atoms with E-state index in [2.05, 4.69) is 31.2 Å². The summed E-state index contributed by atoms with van der Waals surface area (Å²) in [4.78, 5) is 8.25. The highest BCUT2D eigenvalue weighted by Gasteiger charge is 2.07. The van der Waals surface area contributed by atoms with Crippen molar-refractivity contribution in [1.82, 2.24) is 9.97 Å². The van der Waals surface area contributed by atoms with E-state index in [0.717, 1.165) is 15.8 Å². The lowest BCUT2D eigenvalue weighted by molar-refractivity contribution is 0.410. The SMILES string of the molecule is COc1cccc(Cl)c1CNc1ncc(Br)cn1. The molecule has 0 aliphatic carbocycles. The number of rotatable bonds is 4. The van der Waals surface area contributed by atoms with E-state index in [-0.39, 0.29) is 0 Å². The molecule has 94 valence electrons. The Bertz CT molecular complexity index is 533. The van der Waals surface area contributed by atoms with Gasteiger partial charge in [-0.2, -0.15) is 0 Å². The van der Waals surface area contributed by atoms with E-state index in [0.29, 0.717) is 17.5 Å². The fourth-order valence-corrected chi connectivity index (χ4v) is 1.91. The molecule has 0 radical (unpaired) electrons. The molecule has 6 heteroatoms. The zero-order valence-electron chi connectivity index (χ0n) is 9.65. The molecule has 0 amide bonds. The van der Waals surface area contributed by atoms with Crippen molar-refractivity contribution in [1.29, 1.82) is 0 Å². The second-order valence-corrected chi connectivity index (χ2v) is 4.82. The summed E-state index contributed by atoms with van der Waals surface area (Å²) in [6, 6.07) is 5.54. The van der Waals surface area contributed by atoms with Crippen LogP contribution in [-0.2, 0) is 6.54 Å². The second kappa shape index (κ2) is 6.02. The summed E-state index contributed by atoms with van der Waals surface area (Å²) in [5.41, 5.74) is 0.883. The largest absolute Gasteiger partial charge is 0.496 e. The van der Waals surface area contributed by atoms with Gasteiger partial charge in [0.05, 0.1) is 11.6 Å². The second-order valence-electron chi connectivity index (χ2n) is 3.50. The van der Waals surface area contributed by atoms with E-state index in [1.165, 1.54) is 0 Å². The maximum absolute atomic E-state index is 6.13. The van der Waals surface area contributed by atoms with Crippen LogP contribution in [0.15, 0.2) is 35.1 Å². The molecule has 1 aromatic heterocycles. The number of aromatic nitrogens is 2. The molecule has 0 atom stereocenters. The van der Waals surface area contributed by atoms with Crippen molar-refractivity contribution in [3.05, 3.63) is 45.7 Å². The van der Waals surface area contributed by atoms with Gasteiger partial charge in [0.25, 0.3) is 0 Å². The van der Waals surface area contributed by atoms with Crippen LogP contribution >= 0.6 is 27.5 Å². The Balaban J connectivity index is 2.12. The minimum absolute atomic E-state index is 0.504. The summed E-state index contributed by atoms with van der Waals surface area (Å²) < 4.78 is 6.10. The van der Waals surface area contributed by atoms with E-state index in [1.54, 1.807) is 19.5 Å². The van der Waals surface area contributed by atoms with Gasteiger partial charge in [-0.25, -0.2) is 9.97 Å². The van der Waals surface area contributed by atoms with Crippen molar-refractivity contribution in [2.45, 2.75) is 6.54 Å². The zero-order valence-corrected chi connectivity index (χ0v) is 12.0. The predicted molar refractivity (Wildman–Crippen MR) is 75.1 cm³/mol. The first-order chi connectivity index (χ1) is 8.70. The van der Waals surface area contributed by atoms with Crippen molar-refractivity contribution in [3.8, 4) is 5.75 Å². The van der Waals surface area contributed by atoms with Crippen LogP contribution in [0.5, 0.6) is 5.75 Å².